The van der Waals surface area contributed by atoms with Gasteiger partial charge in [0.25, 0.3) is 5.91 Å². The van der Waals surface area contributed by atoms with Gasteiger partial charge in [-0.2, -0.15) is 0 Å². The highest BCUT2D eigenvalue weighted by Crippen LogP contribution is 2.29. The fraction of sp³-hybridized carbons (Fsp3) is 0.917. The minimum absolute atomic E-state index is 0.00414. The van der Waals surface area contributed by atoms with Gasteiger partial charge in [0.1, 0.15) is 0 Å². The largest absolute Gasteiger partial charge is 0.335 e. The number of nitrogens with zero attached hydrogens (tertiary/aromatic N) is 1. The van der Waals surface area contributed by atoms with Crippen LogP contribution in [0.3, 0.4) is 0 Å². The van der Waals surface area contributed by atoms with E-state index in [1.165, 1.54) is 0 Å². The number of carbonyl (C=O) groups excluding carboxylic acids is 1. The quantitative estimate of drug-likeness (QED) is 0.732. The van der Waals surface area contributed by atoms with Gasteiger partial charge in [0, 0.05) is 32.1 Å². The van der Waals surface area contributed by atoms with Crippen LogP contribution in [0.5, 0.6) is 0 Å². The van der Waals surface area contributed by atoms with Crippen molar-refractivity contribution in [3.05, 3.63) is 0 Å². The Morgan fingerprint density at radius 3 is 3.00 bits per heavy atom. The number of piperidine rings is 1. The van der Waals surface area contributed by atoms with Gasteiger partial charge in [0.05, 0.1) is 0 Å². The molecule has 2 rings (SSSR count). The average Bonchev–Trinajstić information content (AvgIpc) is 2.76. The molecule has 5 heteroatoms. The Kier molecular flexibility index (Phi) is 3.68. The molecule has 3 N–H and O–H groups in total. The molecular formula is C12H22FN3O. The zero-order chi connectivity index (χ0) is 12.5. The van der Waals surface area contributed by atoms with E-state index in [0.717, 1.165) is 12.8 Å². The predicted octanol–water partition coefficient (Wildman–Crippen LogP) is 0.274. The van der Waals surface area contributed by atoms with E-state index in [9.17, 15) is 9.18 Å². The first-order valence-electron chi connectivity index (χ1n) is 6.49. The molecule has 1 amide bonds. The Balaban J connectivity index is 2.11. The van der Waals surface area contributed by atoms with E-state index in [1.807, 2.05) is 0 Å². The van der Waals surface area contributed by atoms with Gasteiger partial charge in [-0.15, -0.1) is 0 Å². The number of hydrogen-bond acceptors (Lipinski definition) is 3. The molecule has 2 aliphatic heterocycles. The van der Waals surface area contributed by atoms with Gasteiger partial charge >= 0.3 is 0 Å². The van der Waals surface area contributed by atoms with Gasteiger partial charge in [-0.1, -0.05) is 6.92 Å². The fourth-order valence-electron chi connectivity index (χ4n) is 2.96. The first-order chi connectivity index (χ1) is 8.08. The number of rotatable bonds is 2. The lowest BCUT2D eigenvalue weighted by molar-refractivity contribution is -0.147. The van der Waals surface area contributed by atoms with Crippen molar-refractivity contribution in [1.82, 2.24) is 10.2 Å². The highest BCUT2D eigenvalue weighted by atomic mass is 19.1. The Morgan fingerprint density at radius 1 is 1.65 bits per heavy atom. The topological polar surface area (TPSA) is 58.4 Å². The summed E-state index contributed by atoms with van der Waals surface area (Å²) in [6.07, 6.45) is 2.31. The molecule has 0 radical (unpaired) electrons. The Morgan fingerprint density at radius 2 is 2.41 bits per heavy atom. The van der Waals surface area contributed by atoms with Crippen molar-refractivity contribution >= 4 is 5.91 Å². The van der Waals surface area contributed by atoms with Crippen LogP contribution in [0.15, 0.2) is 0 Å². The molecule has 2 fully saturated rings. The lowest BCUT2D eigenvalue weighted by atomic mass is 9.89. The first kappa shape index (κ1) is 12.8. The van der Waals surface area contributed by atoms with Gasteiger partial charge in [0.2, 0.25) is 5.67 Å². The molecule has 17 heavy (non-hydrogen) atoms. The number of amides is 1. The maximum absolute atomic E-state index is 14.4. The molecule has 2 aliphatic rings. The SMILES string of the molecule is C[C@@H]1CCCN(C(=O)[C@@]2(F)CCNC2)[C@@H]1CN. The van der Waals surface area contributed by atoms with Crippen molar-refractivity contribution in [1.29, 1.82) is 0 Å². The maximum Gasteiger partial charge on any atom is 0.261 e. The summed E-state index contributed by atoms with van der Waals surface area (Å²) in [6, 6.07) is 0.00414. The van der Waals surface area contributed by atoms with Crippen LogP contribution in [0.4, 0.5) is 4.39 Å². The summed E-state index contributed by atoms with van der Waals surface area (Å²) >= 11 is 0. The molecule has 0 unspecified atom stereocenters. The predicted molar refractivity (Wildman–Crippen MR) is 64.3 cm³/mol. The summed E-state index contributed by atoms with van der Waals surface area (Å²) in [5, 5.41) is 2.92. The molecule has 3 atom stereocenters. The summed E-state index contributed by atoms with van der Waals surface area (Å²) in [7, 11) is 0. The minimum Gasteiger partial charge on any atom is -0.335 e. The second-order valence-corrected chi connectivity index (χ2v) is 5.31. The molecule has 0 saturated carbocycles. The molecule has 98 valence electrons. The lowest BCUT2D eigenvalue weighted by Gasteiger charge is -2.41. The lowest BCUT2D eigenvalue weighted by Crippen LogP contribution is -2.57. The maximum atomic E-state index is 14.4. The second-order valence-electron chi connectivity index (χ2n) is 5.31. The van der Waals surface area contributed by atoms with Gasteiger partial charge < -0.3 is 16.0 Å². The van der Waals surface area contributed by atoms with Crippen LogP contribution in [0.25, 0.3) is 0 Å². The zero-order valence-electron chi connectivity index (χ0n) is 10.4. The van der Waals surface area contributed by atoms with Crippen LogP contribution in [0.2, 0.25) is 0 Å². The number of nitrogens with one attached hydrogen (secondary N) is 1. The van der Waals surface area contributed by atoms with E-state index in [-0.39, 0.29) is 24.9 Å². The summed E-state index contributed by atoms with van der Waals surface area (Å²) < 4.78 is 14.4. The van der Waals surface area contributed by atoms with E-state index in [4.69, 9.17) is 5.73 Å². The molecular weight excluding hydrogens is 221 g/mol. The molecule has 0 aliphatic carbocycles. The summed E-state index contributed by atoms with van der Waals surface area (Å²) in [6.45, 7) is 3.90. The molecule has 0 aromatic heterocycles. The van der Waals surface area contributed by atoms with Gasteiger partial charge in [-0.05, 0) is 25.3 Å². The van der Waals surface area contributed by atoms with Crippen LogP contribution in [0, 0.1) is 5.92 Å². The van der Waals surface area contributed by atoms with Crippen LogP contribution in [-0.4, -0.2) is 48.7 Å². The molecule has 0 bridgehead atoms. The van der Waals surface area contributed by atoms with E-state index in [2.05, 4.69) is 12.2 Å². The third-order valence-electron chi connectivity index (χ3n) is 4.10. The third-order valence-corrected chi connectivity index (χ3v) is 4.10. The highest BCUT2D eigenvalue weighted by molar-refractivity contribution is 5.86. The molecule has 0 aromatic rings. The van der Waals surface area contributed by atoms with E-state index in [0.29, 0.717) is 25.6 Å². The first-order valence-corrected chi connectivity index (χ1v) is 6.49. The normalized spacial score (nSPS) is 38.4. The Bertz CT molecular complexity index is 291. The molecule has 0 spiro atoms. The molecule has 2 saturated heterocycles. The summed E-state index contributed by atoms with van der Waals surface area (Å²) in [5.74, 6) is 0.0140. The fourth-order valence-corrected chi connectivity index (χ4v) is 2.96. The number of carbonyl (C=O) groups is 1. The smallest absolute Gasteiger partial charge is 0.261 e. The molecule has 4 nitrogen and oxygen atoms in total. The third kappa shape index (κ3) is 2.31. The van der Waals surface area contributed by atoms with Crippen molar-refractivity contribution in [2.75, 3.05) is 26.2 Å². The Labute approximate surface area is 102 Å². The molecule has 0 aromatic carbocycles. The van der Waals surface area contributed by atoms with E-state index >= 15 is 0 Å². The summed E-state index contributed by atoms with van der Waals surface area (Å²) in [4.78, 5) is 14.0. The number of halogens is 1. The zero-order valence-corrected chi connectivity index (χ0v) is 10.4. The Hall–Kier alpha value is -0.680. The standard InChI is InChI=1S/C12H22FN3O/c1-9-3-2-6-16(10(9)7-14)11(17)12(13)4-5-15-8-12/h9-10,15H,2-8,14H2,1H3/t9-,10-,12-/m1/s1. The van der Waals surface area contributed by atoms with E-state index in [1.54, 1.807) is 4.90 Å². The molecule has 2 heterocycles. The van der Waals surface area contributed by atoms with Crippen LogP contribution >= 0.6 is 0 Å². The average molecular weight is 243 g/mol. The van der Waals surface area contributed by atoms with Crippen LogP contribution in [0.1, 0.15) is 26.2 Å². The van der Waals surface area contributed by atoms with Gasteiger partial charge in [-0.25, -0.2) is 4.39 Å². The highest BCUT2D eigenvalue weighted by Gasteiger charge is 2.46. The van der Waals surface area contributed by atoms with Gasteiger partial charge in [0.15, 0.2) is 0 Å². The van der Waals surface area contributed by atoms with Crippen LogP contribution < -0.4 is 11.1 Å². The van der Waals surface area contributed by atoms with Crippen molar-refractivity contribution in [3.8, 4) is 0 Å². The number of nitrogens with two attached hydrogens (primary N) is 1. The van der Waals surface area contributed by atoms with Crippen molar-refractivity contribution < 1.29 is 9.18 Å². The van der Waals surface area contributed by atoms with Crippen molar-refractivity contribution in [2.45, 2.75) is 37.9 Å². The van der Waals surface area contributed by atoms with Crippen LogP contribution in [-0.2, 0) is 4.79 Å². The monoisotopic (exact) mass is 243 g/mol. The minimum atomic E-state index is -1.70. The van der Waals surface area contributed by atoms with E-state index < -0.39 is 5.67 Å². The number of hydrogen-bond donors (Lipinski definition) is 2. The summed E-state index contributed by atoms with van der Waals surface area (Å²) in [5.41, 5.74) is 4.03. The number of likely N-dealkylation sites (tertiary alicyclic amines) is 1. The van der Waals surface area contributed by atoms with Crippen molar-refractivity contribution in [3.63, 3.8) is 0 Å². The number of alkyl halides is 1. The second kappa shape index (κ2) is 4.90. The van der Waals surface area contributed by atoms with Crippen molar-refractivity contribution in [2.24, 2.45) is 11.7 Å². The van der Waals surface area contributed by atoms with Gasteiger partial charge in [-0.3, -0.25) is 4.79 Å².